The van der Waals surface area contributed by atoms with E-state index < -0.39 is 0 Å². The summed E-state index contributed by atoms with van der Waals surface area (Å²) in [5.41, 5.74) is 7.99. The minimum absolute atomic E-state index is 0.317. The second kappa shape index (κ2) is 10.3. The van der Waals surface area contributed by atoms with Gasteiger partial charge in [0.1, 0.15) is 0 Å². The van der Waals surface area contributed by atoms with Crippen molar-refractivity contribution in [3.63, 3.8) is 0 Å². The summed E-state index contributed by atoms with van der Waals surface area (Å²) in [5, 5.41) is 0. The number of hydrogen-bond donors (Lipinski definition) is 0. The van der Waals surface area contributed by atoms with E-state index >= 15 is 0 Å². The Labute approximate surface area is 234 Å². The van der Waals surface area contributed by atoms with Crippen molar-refractivity contribution in [2.45, 2.75) is 43.9 Å². The van der Waals surface area contributed by atoms with Gasteiger partial charge in [-0.2, -0.15) is 0 Å². The Hall–Kier alpha value is -3.40. The van der Waals surface area contributed by atoms with E-state index in [0.29, 0.717) is 10.8 Å². The molecule has 0 saturated heterocycles. The zero-order chi connectivity index (χ0) is 27.0. The Morgan fingerprint density at radius 1 is 0.692 bits per heavy atom. The predicted molar refractivity (Wildman–Crippen MR) is 166 cm³/mol. The van der Waals surface area contributed by atoms with Gasteiger partial charge < -0.3 is 9.80 Å². The first-order valence-corrected chi connectivity index (χ1v) is 14.5. The van der Waals surface area contributed by atoms with Crippen molar-refractivity contribution in [3.05, 3.63) is 89.5 Å². The number of rotatable bonds is 8. The number of aliphatic imine (C=N–C) groups is 2. The van der Waals surface area contributed by atoms with Gasteiger partial charge in [0.05, 0.1) is 5.69 Å². The van der Waals surface area contributed by atoms with Gasteiger partial charge in [-0.1, -0.05) is 36.4 Å². The van der Waals surface area contributed by atoms with E-state index in [1.165, 1.54) is 61.0 Å². The second-order valence-electron chi connectivity index (χ2n) is 13.0. The summed E-state index contributed by atoms with van der Waals surface area (Å²) >= 11 is 0. The quantitative estimate of drug-likeness (QED) is 0.289. The topological polar surface area (TPSA) is 31.2 Å². The molecule has 4 bridgehead atoms. The number of anilines is 2. The maximum absolute atomic E-state index is 5.05. The van der Waals surface area contributed by atoms with Gasteiger partial charge in [-0.15, -0.1) is 0 Å². The summed E-state index contributed by atoms with van der Waals surface area (Å²) in [6.07, 6.45) is 12.2. The van der Waals surface area contributed by atoms with Crippen molar-refractivity contribution in [1.82, 2.24) is 0 Å². The molecule has 0 radical (unpaired) electrons. The van der Waals surface area contributed by atoms with Crippen molar-refractivity contribution in [2.24, 2.45) is 27.2 Å². The zero-order valence-corrected chi connectivity index (χ0v) is 24.0. The van der Waals surface area contributed by atoms with Gasteiger partial charge in [0, 0.05) is 58.5 Å². The first kappa shape index (κ1) is 25.9. The monoisotopic (exact) mass is 518 g/mol. The van der Waals surface area contributed by atoms with Gasteiger partial charge in [0.25, 0.3) is 0 Å². The average molecular weight is 519 g/mol. The first-order chi connectivity index (χ1) is 18.8. The van der Waals surface area contributed by atoms with E-state index in [1.54, 1.807) is 0 Å². The van der Waals surface area contributed by atoms with Gasteiger partial charge in [-0.25, -0.2) is 0 Å². The molecule has 4 saturated carbocycles. The molecule has 4 nitrogen and oxygen atoms in total. The molecule has 202 valence electrons. The Balaban J connectivity index is 1.15. The molecule has 4 heteroatoms. The molecule has 3 aromatic carbocycles. The van der Waals surface area contributed by atoms with Crippen LogP contribution in [-0.2, 0) is 5.41 Å². The molecule has 0 spiro atoms. The summed E-state index contributed by atoms with van der Waals surface area (Å²) in [4.78, 5) is 14.1. The van der Waals surface area contributed by atoms with Crippen LogP contribution in [0.15, 0.2) is 82.8 Å². The summed E-state index contributed by atoms with van der Waals surface area (Å²) in [5.74, 6) is 1.70. The molecule has 0 N–H and O–H groups in total. The van der Waals surface area contributed by atoms with Crippen LogP contribution >= 0.6 is 0 Å². The Morgan fingerprint density at radius 3 is 1.77 bits per heavy atom. The molecule has 4 aliphatic carbocycles. The highest BCUT2D eigenvalue weighted by molar-refractivity contribution is 5.82. The molecule has 2 unspecified atom stereocenters. The van der Waals surface area contributed by atoms with Crippen molar-refractivity contribution < 1.29 is 0 Å². The smallest absolute Gasteiger partial charge is 0.0630 e. The number of benzene rings is 3. The lowest BCUT2D eigenvalue weighted by atomic mass is 9.43. The van der Waals surface area contributed by atoms with Crippen LogP contribution in [0, 0.1) is 17.3 Å². The fourth-order valence-electron chi connectivity index (χ4n) is 8.09. The molecular weight excluding hydrogens is 476 g/mol. The molecule has 7 rings (SSSR count). The SMILES string of the molecule is CN(C)c1ccc(C=NCC23C[C@H]4C[C@@H](C2)CC(c2ccc(N=Cc5ccc(N(C)C)cc5)cc2)(C4)C3)cc1. The van der Waals surface area contributed by atoms with E-state index in [1.807, 2.05) is 6.21 Å². The summed E-state index contributed by atoms with van der Waals surface area (Å²) in [6.45, 7) is 0.964. The third kappa shape index (κ3) is 5.39. The van der Waals surface area contributed by atoms with Crippen LogP contribution in [0.5, 0.6) is 0 Å². The fourth-order valence-corrected chi connectivity index (χ4v) is 8.09. The highest BCUT2D eigenvalue weighted by Crippen LogP contribution is 2.65. The molecule has 4 fully saturated rings. The lowest BCUT2D eigenvalue weighted by Gasteiger charge is -2.62. The van der Waals surface area contributed by atoms with E-state index in [2.05, 4.69) is 117 Å². The van der Waals surface area contributed by atoms with Crippen LogP contribution in [-0.4, -0.2) is 47.2 Å². The van der Waals surface area contributed by atoms with Crippen molar-refractivity contribution in [3.8, 4) is 0 Å². The van der Waals surface area contributed by atoms with Crippen molar-refractivity contribution >= 4 is 29.5 Å². The molecule has 3 aromatic rings. The molecular formula is C35H42N4. The van der Waals surface area contributed by atoms with Gasteiger partial charge in [-0.3, -0.25) is 9.98 Å². The molecule has 39 heavy (non-hydrogen) atoms. The molecule has 0 aromatic heterocycles. The van der Waals surface area contributed by atoms with Gasteiger partial charge >= 0.3 is 0 Å². The molecule has 4 aliphatic rings. The molecule has 0 amide bonds. The number of nitrogens with zero attached hydrogens (tertiary/aromatic N) is 4. The van der Waals surface area contributed by atoms with Crippen LogP contribution in [0.3, 0.4) is 0 Å². The minimum atomic E-state index is 0.317. The van der Waals surface area contributed by atoms with Crippen LogP contribution < -0.4 is 9.80 Å². The predicted octanol–water partition coefficient (Wildman–Crippen LogP) is 7.53. The first-order valence-electron chi connectivity index (χ1n) is 14.5. The van der Waals surface area contributed by atoms with Crippen LogP contribution in [0.1, 0.15) is 55.2 Å². The lowest BCUT2D eigenvalue weighted by Crippen LogP contribution is -2.55. The highest BCUT2D eigenvalue weighted by atomic mass is 15.1. The molecule has 0 heterocycles. The van der Waals surface area contributed by atoms with E-state index in [9.17, 15) is 0 Å². The Morgan fingerprint density at radius 2 is 1.23 bits per heavy atom. The number of hydrogen-bond acceptors (Lipinski definition) is 4. The second-order valence-corrected chi connectivity index (χ2v) is 13.0. The lowest BCUT2D eigenvalue weighted by molar-refractivity contribution is -0.0663. The third-order valence-corrected chi connectivity index (χ3v) is 9.51. The third-order valence-electron chi connectivity index (χ3n) is 9.51. The summed E-state index contributed by atoms with van der Waals surface area (Å²) in [6, 6.07) is 26.4. The fraction of sp³-hybridized carbons (Fsp3) is 0.429. The van der Waals surface area contributed by atoms with Gasteiger partial charge in [0.15, 0.2) is 0 Å². The molecule has 0 aliphatic heterocycles. The largest absolute Gasteiger partial charge is 0.378 e. The summed E-state index contributed by atoms with van der Waals surface area (Å²) in [7, 11) is 8.29. The van der Waals surface area contributed by atoms with Crippen molar-refractivity contribution in [2.75, 3.05) is 44.5 Å². The summed E-state index contributed by atoms with van der Waals surface area (Å²) < 4.78 is 0. The average Bonchev–Trinajstić information content (AvgIpc) is 2.92. The highest BCUT2D eigenvalue weighted by Gasteiger charge is 2.57. The Kier molecular flexibility index (Phi) is 6.82. The maximum atomic E-state index is 5.05. The zero-order valence-electron chi connectivity index (χ0n) is 24.0. The van der Waals surface area contributed by atoms with E-state index in [4.69, 9.17) is 9.98 Å². The van der Waals surface area contributed by atoms with Crippen LogP contribution in [0.25, 0.3) is 0 Å². The normalized spacial score (nSPS) is 27.5. The van der Waals surface area contributed by atoms with Gasteiger partial charge in [-0.05, 0) is 114 Å². The molecule has 4 atom stereocenters. The van der Waals surface area contributed by atoms with E-state index in [0.717, 1.165) is 29.6 Å². The Bertz CT molecular complexity index is 1320. The van der Waals surface area contributed by atoms with E-state index in [-0.39, 0.29) is 0 Å². The maximum Gasteiger partial charge on any atom is 0.0630 e. The van der Waals surface area contributed by atoms with Crippen LogP contribution in [0.4, 0.5) is 17.1 Å². The van der Waals surface area contributed by atoms with Crippen LogP contribution in [0.2, 0.25) is 0 Å². The van der Waals surface area contributed by atoms with Gasteiger partial charge in [0.2, 0.25) is 0 Å². The minimum Gasteiger partial charge on any atom is -0.378 e. The van der Waals surface area contributed by atoms with Crippen molar-refractivity contribution in [1.29, 1.82) is 0 Å². The standard InChI is InChI=1S/C35H42N4/c1-38(2)32-13-5-26(6-14-32)22-36-25-34-18-28-17-29(19-34)21-35(20-28,24-34)30-9-11-31(12-10-30)37-23-27-7-15-33(16-8-27)39(3)4/h5-16,22-23,28-29H,17-21,24-25H2,1-4H3/t28-,29+,34?,35?.